The van der Waals surface area contributed by atoms with Crippen LogP contribution in [0.3, 0.4) is 0 Å². The molecule has 0 aliphatic carbocycles. The first-order valence-corrected chi connectivity index (χ1v) is 14.7. The third kappa shape index (κ3) is 4.22. The van der Waals surface area contributed by atoms with Crippen molar-refractivity contribution < 1.29 is 13.5 Å². The van der Waals surface area contributed by atoms with Crippen molar-refractivity contribution in [3.05, 3.63) is 40.7 Å². The number of benzene rings is 1. The Hall–Kier alpha value is -3.50. The Kier molecular flexibility index (Phi) is 6.50. The molecule has 2 N–H and O–H groups in total. The van der Waals surface area contributed by atoms with E-state index in [1.807, 2.05) is 0 Å². The van der Waals surface area contributed by atoms with E-state index in [1.54, 1.807) is 6.20 Å². The third-order valence-corrected chi connectivity index (χ3v) is 9.80. The predicted molar refractivity (Wildman–Crippen MR) is 155 cm³/mol. The van der Waals surface area contributed by atoms with Crippen molar-refractivity contribution in [1.82, 2.24) is 24.8 Å². The number of aromatic nitrogens is 3. The highest BCUT2D eigenvalue weighted by molar-refractivity contribution is 7.23. The van der Waals surface area contributed by atoms with Gasteiger partial charge in [-0.15, -0.1) is 11.3 Å². The van der Waals surface area contributed by atoms with E-state index in [9.17, 15) is 9.65 Å². The summed E-state index contributed by atoms with van der Waals surface area (Å²) >= 11 is 0.962. The number of nitrogens with zero attached hydrogens (tertiary/aromatic N) is 7. The molecule has 7 rings (SSSR count). The van der Waals surface area contributed by atoms with E-state index in [2.05, 4.69) is 44.6 Å². The minimum Gasteiger partial charge on any atom is -0.389 e. The van der Waals surface area contributed by atoms with Gasteiger partial charge in [-0.25, -0.2) is 18.7 Å². The highest BCUT2D eigenvalue weighted by Gasteiger charge is 2.33. The van der Waals surface area contributed by atoms with Gasteiger partial charge in [-0.1, -0.05) is 0 Å². The molecule has 1 aromatic carbocycles. The Balaban J connectivity index is 1.28. The highest BCUT2D eigenvalue weighted by Crippen LogP contribution is 2.45. The number of hydrogen-bond donors (Lipinski definition) is 1. The highest BCUT2D eigenvalue weighted by atomic mass is 32.1. The van der Waals surface area contributed by atoms with Gasteiger partial charge in [0.05, 0.1) is 35.4 Å². The predicted octanol–water partition coefficient (Wildman–Crippen LogP) is 4.27. The first kappa shape index (κ1) is 26.4. The minimum atomic E-state index is -0.602. The lowest BCUT2D eigenvalue weighted by molar-refractivity contribution is 0.0842. The number of piperazine rings is 1. The van der Waals surface area contributed by atoms with Gasteiger partial charge in [0.15, 0.2) is 11.6 Å². The fourth-order valence-corrected chi connectivity index (χ4v) is 7.45. The van der Waals surface area contributed by atoms with Crippen molar-refractivity contribution in [2.24, 2.45) is 0 Å². The molecule has 3 aliphatic rings. The number of anilines is 2. The lowest BCUT2D eigenvalue weighted by Gasteiger charge is -2.39. The van der Waals surface area contributed by atoms with Crippen LogP contribution < -0.4 is 10.6 Å². The summed E-state index contributed by atoms with van der Waals surface area (Å²) in [6.07, 6.45) is 3.74. The van der Waals surface area contributed by atoms with Gasteiger partial charge in [-0.3, -0.25) is 14.8 Å². The van der Waals surface area contributed by atoms with Gasteiger partial charge >= 0.3 is 0 Å². The van der Waals surface area contributed by atoms with Crippen molar-refractivity contribution in [2.45, 2.75) is 45.6 Å². The standard InChI is InChI=1S/C29H30F2N8OS/c1-15(2)37-5-7-38(8-6-37)16-3-4-39(12-16)29-35-10-18-19-13-40-14-20(19)22(24(31)25(18)36-29)26-23-17(9-32)28(33)41-27(23)21(30)11-34-26/h10-11,15-16H,3-8,12-14,33H2,1-2H3/t16-/m1/s1. The van der Waals surface area contributed by atoms with E-state index in [4.69, 9.17) is 15.5 Å². The van der Waals surface area contributed by atoms with Crippen molar-refractivity contribution in [2.75, 3.05) is 49.9 Å². The van der Waals surface area contributed by atoms with E-state index in [-0.39, 0.29) is 50.6 Å². The average Bonchev–Trinajstić information content (AvgIpc) is 3.73. The summed E-state index contributed by atoms with van der Waals surface area (Å²) in [5.74, 6) is -0.698. The number of hydrogen-bond acceptors (Lipinski definition) is 10. The summed E-state index contributed by atoms with van der Waals surface area (Å²) in [7, 11) is 0. The maximum atomic E-state index is 16.6. The van der Waals surface area contributed by atoms with Crippen LogP contribution in [0.15, 0.2) is 12.4 Å². The fourth-order valence-electron chi connectivity index (χ4n) is 6.53. The number of halogens is 2. The van der Waals surface area contributed by atoms with Crippen molar-refractivity contribution in [3.8, 4) is 17.3 Å². The second-order valence-corrected chi connectivity index (χ2v) is 12.3. The molecule has 1 atom stereocenters. The summed E-state index contributed by atoms with van der Waals surface area (Å²) in [4.78, 5) is 20.9. The molecule has 12 heteroatoms. The van der Waals surface area contributed by atoms with Gasteiger partial charge in [-0.2, -0.15) is 5.26 Å². The number of nitriles is 1. The van der Waals surface area contributed by atoms with Crippen LogP contribution in [0.2, 0.25) is 0 Å². The van der Waals surface area contributed by atoms with E-state index < -0.39 is 11.6 Å². The lowest BCUT2D eigenvalue weighted by Crippen LogP contribution is -2.52. The molecule has 3 aromatic heterocycles. The molecule has 0 unspecified atom stereocenters. The van der Waals surface area contributed by atoms with E-state index in [0.717, 1.165) is 68.8 Å². The monoisotopic (exact) mass is 576 g/mol. The van der Waals surface area contributed by atoms with Crippen LogP contribution in [0.5, 0.6) is 0 Å². The molecule has 9 nitrogen and oxygen atoms in total. The Labute approximate surface area is 240 Å². The molecule has 41 heavy (non-hydrogen) atoms. The number of rotatable bonds is 4. The Morgan fingerprint density at radius 2 is 1.88 bits per heavy atom. The van der Waals surface area contributed by atoms with Crippen LogP contribution in [0.4, 0.5) is 19.7 Å². The van der Waals surface area contributed by atoms with Gasteiger partial charge < -0.3 is 15.4 Å². The molecule has 0 amide bonds. The molecule has 0 bridgehead atoms. The van der Waals surface area contributed by atoms with Gasteiger partial charge in [0.2, 0.25) is 5.95 Å². The molecule has 2 fully saturated rings. The number of fused-ring (bicyclic) bond motifs is 4. The minimum absolute atomic E-state index is 0.0971. The maximum Gasteiger partial charge on any atom is 0.226 e. The lowest BCUT2D eigenvalue weighted by atomic mass is 9.94. The number of nitrogens with two attached hydrogens (primary N) is 1. The fraction of sp³-hybridized carbons (Fsp3) is 0.448. The maximum absolute atomic E-state index is 16.6. The number of pyridine rings is 1. The van der Waals surface area contributed by atoms with Crippen LogP contribution in [-0.2, 0) is 18.0 Å². The third-order valence-electron chi connectivity index (χ3n) is 8.77. The molecular formula is C29H30F2N8OS. The van der Waals surface area contributed by atoms with Crippen LogP contribution in [0.1, 0.15) is 37.0 Å². The summed E-state index contributed by atoms with van der Waals surface area (Å²) in [5, 5.41) is 10.8. The zero-order chi connectivity index (χ0) is 28.4. The largest absolute Gasteiger partial charge is 0.389 e. The van der Waals surface area contributed by atoms with Crippen LogP contribution in [-0.4, -0.2) is 76.1 Å². The molecule has 0 saturated carbocycles. The summed E-state index contributed by atoms with van der Waals surface area (Å²) in [5.41, 5.74) is 8.06. The Morgan fingerprint density at radius 3 is 2.63 bits per heavy atom. The first-order valence-electron chi connectivity index (χ1n) is 13.9. The first-order chi connectivity index (χ1) is 19.9. The zero-order valence-corrected chi connectivity index (χ0v) is 23.8. The van der Waals surface area contributed by atoms with Gasteiger partial charge in [0.1, 0.15) is 16.6 Å². The van der Waals surface area contributed by atoms with E-state index in [1.165, 1.54) is 0 Å². The smallest absolute Gasteiger partial charge is 0.226 e. The molecule has 0 spiro atoms. The zero-order valence-electron chi connectivity index (χ0n) is 23.0. The molecule has 4 aromatic rings. The van der Waals surface area contributed by atoms with Crippen LogP contribution >= 0.6 is 11.3 Å². The van der Waals surface area contributed by atoms with Crippen LogP contribution in [0, 0.1) is 23.0 Å². The normalized spacial score (nSPS) is 20.0. The van der Waals surface area contributed by atoms with Crippen LogP contribution in [0.25, 0.3) is 32.2 Å². The summed E-state index contributed by atoms with van der Waals surface area (Å²) in [6.45, 7) is 10.7. The Bertz CT molecular complexity index is 1730. The molecule has 212 valence electrons. The second-order valence-electron chi connectivity index (χ2n) is 11.2. The van der Waals surface area contributed by atoms with Crippen molar-refractivity contribution in [1.29, 1.82) is 5.26 Å². The quantitative estimate of drug-likeness (QED) is 0.381. The van der Waals surface area contributed by atoms with Crippen molar-refractivity contribution in [3.63, 3.8) is 0 Å². The average molecular weight is 577 g/mol. The van der Waals surface area contributed by atoms with Gasteiger partial charge in [0, 0.05) is 73.9 Å². The van der Waals surface area contributed by atoms with E-state index in [0.29, 0.717) is 29.0 Å². The molecular weight excluding hydrogens is 546 g/mol. The topological polar surface area (TPSA) is 107 Å². The molecule has 0 radical (unpaired) electrons. The number of thiophene rings is 1. The summed E-state index contributed by atoms with van der Waals surface area (Å²) in [6, 6.07) is 3.01. The summed E-state index contributed by atoms with van der Waals surface area (Å²) < 4.78 is 37.2. The molecule has 3 aliphatic heterocycles. The molecule has 2 saturated heterocycles. The Morgan fingerprint density at radius 1 is 1.10 bits per heavy atom. The van der Waals surface area contributed by atoms with E-state index >= 15 is 4.39 Å². The van der Waals surface area contributed by atoms with Gasteiger partial charge in [-0.05, 0) is 31.4 Å². The second kappa shape index (κ2) is 10.1. The number of ether oxygens (including phenoxy) is 1. The SMILES string of the molecule is CC(C)N1CCN([C@@H]2CCN(c3ncc4c5c(c(-c6ncc(F)c7sc(N)c(C#N)c67)c(F)c4n3)COC5)C2)CC1. The van der Waals surface area contributed by atoms with Crippen molar-refractivity contribution >= 4 is 43.3 Å². The van der Waals surface area contributed by atoms with Gasteiger partial charge in [0.25, 0.3) is 0 Å². The number of nitrogen functional groups attached to an aromatic ring is 1. The molecule has 6 heterocycles.